The van der Waals surface area contributed by atoms with Gasteiger partial charge in [0.05, 0.1) is 30.3 Å². The maximum Gasteiger partial charge on any atom is 0.342 e. The Morgan fingerprint density at radius 2 is 1.92 bits per heavy atom. The first-order valence-electron chi connectivity index (χ1n) is 11.7. The highest BCUT2D eigenvalue weighted by atomic mass is 19.2. The molecule has 1 aromatic carbocycles. The molecule has 1 aliphatic heterocycles. The second-order valence-electron chi connectivity index (χ2n) is 8.87. The minimum Gasteiger partial charge on any atom is -0.477 e. The highest BCUT2D eigenvalue weighted by molar-refractivity contribution is 5.96. The van der Waals surface area contributed by atoms with Crippen LogP contribution in [0.15, 0.2) is 41.6 Å². The Morgan fingerprint density at radius 3 is 2.65 bits per heavy atom. The lowest BCUT2D eigenvalue weighted by atomic mass is 9.97. The summed E-state index contributed by atoms with van der Waals surface area (Å²) >= 11 is 0. The number of nitrogens with zero attached hydrogens (tertiary/aromatic N) is 4. The topological polar surface area (TPSA) is 109 Å². The van der Waals surface area contributed by atoms with E-state index in [1.807, 2.05) is 0 Å². The summed E-state index contributed by atoms with van der Waals surface area (Å²) in [6.45, 7) is 2.12. The van der Waals surface area contributed by atoms with Crippen molar-refractivity contribution in [3.63, 3.8) is 0 Å². The fraction of sp³-hybridized carbons (Fsp3) is 0.231. The van der Waals surface area contributed by atoms with Crippen LogP contribution in [0, 0.1) is 11.6 Å². The molecule has 0 amide bonds. The first kappa shape index (κ1) is 23.0. The van der Waals surface area contributed by atoms with Crippen molar-refractivity contribution in [1.82, 2.24) is 14.4 Å². The zero-order valence-electron chi connectivity index (χ0n) is 19.7. The minimum absolute atomic E-state index is 0.104. The van der Waals surface area contributed by atoms with Gasteiger partial charge in [0.2, 0.25) is 0 Å². The van der Waals surface area contributed by atoms with E-state index in [2.05, 4.69) is 20.2 Å². The Bertz CT molecular complexity index is 1660. The van der Waals surface area contributed by atoms with Crippen molar-refractivity contribution in [2.75, 3.05) is 43.6 Å². The average molecular weight is 505 g/mol. The van der Waals surface area contributed by atoms with Crippen molar-refractivity contribution in [3.05, 3.63) is 75.6 Å². The lowest BCUT2D eigenvalue weighted by Crippen LogP contribution is -2.37. The minimum atomic E-state index is -1.36. The summed E-state index contributed by atoms with van der Waals surface area (Å²) < 4.78 is 36.0. The van der Waals surface area contributed by atoms with Crippen molar-refractivity contribution in [1.29, 1.82) is 0 Å². The molecule has 0 unspecified atom stereocenters. The maximum atomic E-state index is 14.7. The molecule has 0 radical (unpaired) electrons. The monoisotopic (exact) mass is 505 g/mol. The first-order chi connectivity index (χ1) is 17.9. The standard InChI is InChI=1S/C26H21F2N5O4/c1-29-23-15-9-19-21(14(15)8-18(27)22(23)28)24(32-4-6-37-7-5-32)16(10-30-19)13-2-3-20-31-11-17(26(35)36)25(34)33(20)12-13/h2-3,8,10-12,29H,4-7,9H2,1H3,(H,35,36). The molecule has 0 saturated carbocycles. The quantitative estimate of drug-likeness (QED) is 0.384. The summed E-state index contributed by atoms with van der Waals surface area (Å²) in [5.41, 5.74) is 3.86. The molecular formula is C26H21F2N5O4. The molecule has 0 bridgehead atoms. The van der Waals surface area contributed by atoms with Crippen molar-refractivity contribution < 1.29 is 23.4 Å². The lowest BCUT2D eigenvalue weighted by molar-refractivity contribution is 0.0694. The Kier molecular flexibility index (Phi) is 5.37. The Hall–Kier alpha value is -4.38. The number of ether oxygens (including phenoxy) is 1. The number of aromatic nitrogens is 3. The van der Waals surface area contributed by atoms with Crippen molar-refractivity contribution >= 4 is 23.0 Å². The van der Waals surface area contributed by atoms with E-state index in [1.54, 1.807) is 25.4 Å². The molecule has 2 aliphatic rings. The van der Waals surface area contributed by atoms with Crippen LogP contribution in [0.1, 0.15) is 21.6 Å². The summed E-state index contributed by atoms with van der Waals surface area (Å²) in [6, 6.07) is 4.61. The largest absolute Gasteiger partial charge is 0.477 e. The average Bonchev–Trinajstić information content (AvgIpc) is 3.27. The number of hydrogen-bond acceptors (Lipinski definition) is 7. The Balaban J connectivity index is 1.63. The second kappa shape index (κ2) is 8.63. The number of nitrogens with one attached hydrogen (secondary N) is 1. The number of anilines is 2. The smallest absolute Gasteiger partial charge is 0.342 e. The van der Waals surface area contributed by atoms with E-state index in [-0.39, 0.29) is 5.69 Å². The summed E-state index contributed by atoms with van der Waals surface area (Å²) in [5, 5.41) is 12.2. The summed E-state index contributed by atoms with van der Waals surface area (Å²) in [6.07, 6.45) is 4.59. The maximum absolute atomic E-state index is 14.7. The predicted molar refractivity (Wildman–Crippen MR) is 132 cm³/mol. The molecule has 11 heteroatoms. The van der Waals surface area contributed by atoms with Gasteiger partial charge in [0.25, 0.3) is 5.56 Å². The van der Waals surface area contributed by atoms with E-state index in [9.17, 15) is 23.5 Å². The molecule has 37 heavy (non-hydrogen) atoms. The molecule has 1 saturated heterocycles. The predicted octanol–water partition coefficient (Wildman–Crippen LogP) is 3.18. The SMILES string of the molecule is CNc1c(F)c(F)cc2c1Cc1ncc(-c3ccc4ncc(C(=O)O)c(=O)n4c3)c(N3CCOCC3)c1-2. The third-order valence-corrected chi connectivity index (χ3v) is 6.89. The van der Waals surface area contributed by atoms with Gasteiger partial charge in [-0.2, -0.15) is 0 Å². The molecule has 0 spiro atoms. The third-order valence-electron chi connectivity index (χ3n) is 6.89. The van der Waals surface area contributed by atoms with E-state index in [4.69, 9.17) is 4.74 Å². The number of aromatic carboxylic acids is 1. The molecule has 4 heterocycles. The molecule has 1 aliphatic carbocycles. The molecule has 1 fully saturated rings. The normalized spacial score (nSPS) is 14.5. The molecule has 4 aromatic rings. The molecular weight excluding hydrogens is 484 g/mol. The van der Waals surface area contributed by atoms with E-state index in [0.29, 0.717) is 71.9 Å². The van der Waals surface area contributed by atoms with E-state index in [1.165, 1.54) is 16.7 Å². The van der Waals surface area contributed by atoms with Crippen LogP contribution in [-0.2, 0) is 11.2 Å². The van der Waals surface area contributed by atoms with Gasteiger partial charge in [0.1, 0.15) is 11.2 Å². The summed E-state index contributed by atoms with van der Waals surface area (Å²) in [5.74, 6) is -3.26. The third kappa shape index (κ3) is 3.53. The van der Waals surface area contributed by atoms with Crippen molar-refractivity contribution in [3.8, 4) is 22.3 Å². The number of benzene rings is 1. The van der Waals surface area contributed by atoms with Crippen LogP contribution in [0.5, 0.6) is 0 Å². The van der Waals surface area contributed by atoms with Crippen LogP contribution < -0.4 is 15.8 Å². The van der Waals surface area contributed by atoms with Gasteiger partial charge in [-0.3, -0.25) is 14.2 Å². The number of hydrogen-bond donors (Lipinski definition) is 2. The Labute approximate surface area is 209 Å². The highest BCUT2D eigenvalue weighted by Crippen LogP contribution is 2.49. The number of fused-ring (bicyclic) bond motifs is 4. The lowest BCUT2D eigenvalue weighted by Gasteiger charge is -2.32. The van der Waals surface area contributed by atoms with E-state index in [0.717, 1.165) is 11.9 Å². The number of rotatable bonds is 4. The zero-order chi connectivity index (χ0) is 25.8. The van der Waals surface area contributed by atoms with Crippen LogP contribution in [0.4, 0.5) is 20.2 Å². The summed E-state index contributed by atoms with van der Waals surface area (Å²) in [7, 11) is 1.55. The number of carboxylic acids is 1. The van der Waals surface area contributed by atoms with Crippen LogP contribution in [0.25, 0.3) is 27.9 Å². The number of carbonyl (C=O) groups is 1. The van der Waals surface area contributed by atoms with Crippen molar-refractivity contribution in [2.45, 2.75) is 6.42 Å². The fourth-order valence-corrected chi connectivity index (χ4v) is 5.16. The fourth-order valence-electron chi connectivity index (χ4n) is 5.16. The molecule has 9 nitrogen and oxygen atoms in total. The molecule has 3 aromatic heterocycles. The highest BCUT2D eigenvalue weighted by Gasteiger charge is 2.32. The number of halogens is 2. The van der Waals surface area contributed by atoms with Gasteiger partial charge in [-0.15, -0.1) is 0 Å². The second-order valence-corrected chi connectivity index (χ2v) is 8.87. The van der Waals surface area contributed by atoms with Crippen LogP contribution in [0.2, 0.25) is 0 Å². The van der Waals surface area contributed by atoms with Gasteiger partial charge < -0.3 is 20.1 Å². The van der Waals surface area contributed by atoms with Gasteiger partial charge in [-0.05, 0) is 29.3 Å². The number of morpholine rings is 1. The van der Waals surface area contributed by atoms with Gasteiger partial charge >= 0.3 is 5.97 Å². The van der Waals surface area contributed by atoms with Gasteiger partial charge in [0.15, 0.2) is 11.6 Å². The zero-order valence-corrected chi connectivity index (χ0v) is 19.7. The number of carboxylic acid groups (broad SMARTS) is 1. The van der Waals surface area contributed by atoms with Crippen molar-refractivity contribution in [2.24, 2.45) is 0 Å². The molecule has 2 N–H and O–H groups in total. The molecule has 6 rings (SSSR count). The van der Waals surface area contributed by atoms with Crippen LogP contribution in [0.3, 0.4) is 0 Å². The first-order valence-corrected chi connectivity index (χ1v) is 11.7. The molecule has 0 atom stereocenters. The summed E-state index contributed by atoms with van der Waals surface area (Å²) in [4.78, 5) is 35.2. The van der Waals surface area contributed by atoms with Gasteiger partial charge in [0, 0.05) is 61.8 Å². The molecule has 188 valence electrons. The Morgan fingerprint density at radius 1 is 1.14 bits per heavy atom. The van der Waals surface area contributed by atoms with Crippen LogP contribution >= 0.6 is 0 Å². The van der Waals surface area contributed by atoms with Gasteiger partial charge in [-0.1, -0.05) is 0 Å². The van der Waals surface area contributed by atoms with Gasteiger partial charge in [-0.25, -0.2) is 18.6 Å². The van der Waals surface area contributed by atoms with E-state index < -0.39 is 28.7 Å². The van der Waals surface area contributed by atoms with Crippen LogP contribution in [-0.4, -0.2) is 58.8 Å². The number of pyridine rings is 2. The van der Waals surface area contributed by atoms with E-state index >= 15 is 0 Å².